The highest BCUT2D eigenvalue weighted by Crippen LogP contribution is 2.32. The van der Waals surface area contributed by atoms with E-state index in [0.29, 0.717) is 0 Å². The largest absolute Gasteiger partial charge is 0.324 e. The van der Waals surface area contributed by atoms with Crippen molar-refractivity contribution >= 4 is 11.6 Å². The Morgan fingerprint density at radius 3 is 3.00 bits per heavy atom. The minimum Gasteiger partial charge on any atom is -0.324 e. The molecule has 1 amide bonds. The molecular formula is C15H18N4O. The molecule has 1 atom stereocenters. The van der Waals surface area contributed by atoms with Gasteiger partial charge in [-0.15, -0.1) is 0 Å². The van der Waals surface area contributed by atoms with Crippen LogP contribution >= 0.6 is 0 Å². The highest BCUT2D eigenvalue weighted by molar-refractivity contribution is 6.02. The van der Waals surface area contributed by atoms with E-state index in [4.69, 9.17) is 0 Å². The Balaban J connectivity index is 1.99. The van der Waals surface area contributed by atoms with Crippen molar-refractivity contribution in [2.45, 2.75) is 26.3 Å². The fourth-order valence-corrected chi connectivity index (χ4v) is 2.64. The number of rotatable bonds is 4. The fraction of sp³-hybridized carbons (Fsp3) is 0.333. The number of carbonyl (C=O) groups is 1. The van der Waals surface area contributed by atoms with Crippen molar-refractivity contribution in [3.63, 3.8) is 0 Å². The van der Waals surface area contributed by atoms with Gasteiger partial charge in [0.25, 0.3) is 0 Å². The number of amides is 1. The van der Waals surface area contributed by atoms with Gasteiger partial charge in [0, 0.05) is 35.8 Å². The predicted octanol–water partition coefficient (Wildman–Crippen LogP) is 2.04. The summed E-state index contributed by atoms with van der Waals surface area (Å²) >= 11 is 0. The molecule has 0 fully saturated rings. The van der Waals surface area contributed by atoms with Crippen LogP contribution in [0, 0.1) is 0 Å². The second-order valence-electron chi connectivity index (χ2n) is 4.82. The molecule has 20 heavy (non-hydrogen) atoms. The summed E-state index contributed by atoms with van der Waals surface area (Å²) in [6.07, 6.45) is 4.61. The third kappa shape index (κ3) is 2.00. The maximum absolute atomic E-state index is 11.9. The van der Waals surface area contributed by atoms with Gasteiger partial charge in [-0.25, -0.2) is 4.98 Å². The Kier molecular flexibility index (Phi) is 3.28. The number of nitrogens with zero attached hydrogens (tertiary/aromatic N) is 2. The van der Waals surface area contributed by atoms with E-state index in [0.717, 1.165) is 35.7 Å². The average Bonchev–Trinajstić information content (AvgIpc) is 3.03. The average molecular weight is 270 g/mol. The third-order valence-corrected chi connectivity index (χ3v) is 3.59. The number of hydrogen-bond acceptors (Lipinski definition) is 3. The molecule has 0 bridgehead atoms. The van der Waals surface area contributed by atoms with Crippen molar-refractivity contribution in [1.82, 2.24) is 14.9 Å². The first-order valence-electron chi connectivity index (χ1n) is 6.95. The van der Waals surface area contributed by atoms with E-state index in [1.54, 1.807) is 6.20 Å². The molecule has 3 rings (SSSR count). The Bertz CT molecular complexity index is 647. The second kappa shape index (κ2) is 5.09. The molecule has 0 saturated carbocycles. The van der Waals surface area contributed by atoms with E-state index in [1.807, 2.05) is 35.9 Å². The van der Waals surface area contributed by atoms with Crippen molar-refractivity contribution < 1.29 is 4.79 Å². The number of fused-ring (bicyclic) bond motifs is 1. The lowest BCUT2D eigenvalue weighted by molar-refractivity contribution is -0.117. The lowest BCUT2D eigenvalue weighted by Crippen LogP contribution is -2.27. The molecule has 5 heteroatoms. The van der Waals surface area contributed by atoms with Gasteiger partial charge in [0.1, 0.15) is 11.9 Å². The van der Waals surface area contributed by atoms with Gasteiger partial charge in [0.2, 0.25) is 5.91 Å². The summed E-state index contributed by atoms with van der Waals surface area (Å²) in [4.78, 5) is 16.3. The van der Waals surface area contributed by atoms with Crippen LogP contribution in [0.4, 0.5) is 5.69 Å². The van der Waals surface area contributed by atoms with Crippen molar-refractivity contribution in [3.05, 3.63) is 42.0 Å². The summed E-state index contributed by atoms with van der Waals surface area (Å²) in [6, 6.07) is 5.81. The number of imidazole rings is 1. The van der Waals surface area contributed by atoms with Crippen LogP contribution in [0.15, 0.2) is 30.6 Å². The zero-order chi connectivity index (χ0) is 14.1. The Morgan fingerprint density at radius 2 is 2.25 bits per heavy atom. The molecule has 104 valence electrons. The van der Waals surface area contributed by atoms with Crippen LogP contribution in [-0.2, 0) is 11.2 Å². The SMILES string of the molecule is CCNC1C(=O)Nc2cc(-n3ccnc3CC)ccc21. The number of aryl methyl sites for hydroxylation is 1. The number of carbonyl (C=O) groups excluding carboxylic acids is 1. The number of nitrogens with one attached hydrogen (secondary N) is 2. The fourth-order valence-electron chi connectivity index (χ4n) is 2.64. The topological polar surface area (TPSA) is 59.0 Å². The first-order chi connectivity index (χ1) is 9.74. The van der Waals surface area contributed by atoms with Crippen LogP contribution < -0.4 is 10.6 Å². The van der Waals surface area contributed by atoms with Crippen LogP contribution in [0.25, 0.3) is 5.69 Å². The monoisotopic (exact) mass is 270 g/mol. The first-order valence-corrected chi connectivity index (χ1v) is 6.95. The summed E-state index contributed by atoms with van der Waals surface area (Å²) < 4.78 is 2.05. The standard InChI is InChI=1S/C15H18N4O/c1-3-13-17-7-8-19(13)10-5-6-11-12(9-10)18-15(20)14(11)16-4-2/h5-9,14,16H,3-4H2,1-2H3,(H,18,20). The van der Waals surface area contributed by atoms with Gasteiger partial charge in [-0.05, 0) is 18.7 Å². The first kappa shape index (κ1) is 12.9. The van der Waals surface area contributed by atoms with Gasteiger partial charge in [0.05, 0.1) is 0 Å². The van der Waals surface area contributed by atoms with Crippen molar-refractivity contribution in [2.24, 2.45) is 0 Å². The van der Waals surface area contributed by atoms with Gasteiger partial charge >= 0.3 is 0 Å². The number of aromatic nitrogens is 2. The van der Waals surface area contributed by atoms with E-state index < -0.39 is 0 Å². The number of hydrogen-bond donors (Lipinski definition) is 2. The Hall–Kier alpha value is -2.14. The summed E-state index contributed by atoms with van der Waals surface area (Å²) in [7, 11) is 0. The van der Waals surface area contributed by atoms with Crippen molar-refractivity contribution in [3.8, 4) is 5.69 Å². The molecule has 1 aliphatic heterocycles. The summed E-state index contributed by atoms with van der Waals surface area (Å²) in [5.41, 5.74) is 2.92. The number of anilines is 1. The lowest BCUT2D eigenvalue weighted by Gasteiger charge is -2.11. The van der Waals surface area contributed by atoms with Gasteiger partial charge in [-0.2, -0.15) is 0 Å². The van der Waals surface area contributed by atoms with E-state index in [9.17, 15) is 4.79 Å². The van der Waals surface area contributed by atoms with Crippen LogP contribution in [0.2, 0.25) is 0 Å². The molecule has 0 spiro atoms. The molecule has 1 aliphatic rings. The van der Waals surface area contributed by atoms with Gasteiger partial charge in [0.15, 0.2) is 0 Å². The highest BCUT2D eigenvalue weighted by atomic mass is 16.2. The molecule has 5 nitrogen and oxygen atoms in total. The van der Waals surface area contributed by atoms with Gasteiger partial charge in [-0.1, -0.05) is 19.9 Å². The molecule has 2 heterocycles. The summed E-state index contributed by atoms with van der Waals surface area (Å²) in [6.45, 7) is 4.84. The predicted molar refractivity (Wildman–Crippen MR) is 78.0 cm³/mol. The quantitative estimate of drug-likeness (QED) is 0.893. The third-order valence-electron chi connectivity index (χ3n) is 3.59. The molecule has 2 N–H and O–H groups in total. The van der Waals surface area contributed by atoms with Crippen LogP contribution in [0.3, 0.4) is 0 Å². The smallest absolute Gasteiger partial charge is 0.246 e. The molecule has 1 aromatic carbocycles. The minimum absolute atomic E-state index is 0.0142. The van der Waals surface area contributed by atoms with Gasteiger partial charge in [-0.3, -0.25) is 4.79 Å². The van der Waals surface area contributed by atoms with E-state index >= 15 is 0 Å². The van der Waals surface area contributed by atoms with Crippen molar-refractivity contribution in [2.75, 3.05) is 11.9 Å². The zero-order valence-corrected chi connectivity index (χ0v) is 11.7. The lowest BCUT2D eigenvalue weighted by atomic mass is 10.1. The van der Waals surface area contributed by atoms with Gasteiger partial charge < -0.3 is 15.2 Å². The Morgan fingerprint density at radius 1 is 1.40 bits per heavy atom. The molecule has 0 saturated heterocycles. The summed E-state index contributed by atoms with van der Waals surface area (Å²) in [5, 5.41) is 6.13. The normalized spacial score (nSPS) is 17.1. The van der Waals surface area contributed by atoms with Crippen LogP contribution in [0.5, 0.6) is 0 Å². The van der Waals surface area contributed by atoms with E-state index in [-0.39, 0.29) is 11.9 Å². The summed E-state index contributed by atoms with van der Waals surface area (Å²) in [5.74, 6) is 1.03. The zero-order valence-electron chi connectivity index (χ0n) is 11.7. The highest BCUT2D eigenvalue weighted by Gasteiger charge is 2.29. The number of benzene rings is 1. The second-order valence-corrected chi connectivity index (χ2v) is 4.82. The maximum atomic E-state index is 11.9. The molecule has 0 radical (unpaired) electrons. The molecular weight excluding hydrogens is 252 g/mol. The van der Waals surface area contributed by atoms with E-state index in [1.165, 1.54) is 0 Å². The van der Waals surface area contributed by atoms with E-state index in [2.05, 4.69) is 22.5 Å². The molecule has 1 unspecified atom stereocenters. The number of likely N-dealkylation sites (N-methyl/N-ethyl adjacent to an activating group) is 1. The van der Waals surface area contributed by atoms with Crippen LogP contribution in [-0.4, -0.2) is 22.0 Å². The Labute approximate surface area is 118 Å². The molecule has 2 aromatic rings. The molecule has 1 aromatic heterocycles. The van der Waals surface area contributed by atoms with Crippen molar-refractivity contribution in [1.29, 1.82) is 0 Å². The molecule has 0 aliphatic carbocycles. The van der Waals surface area contributed by atoms with Crippen LogP contribution in [0.1, 0.15) is 31.3 Å². The minimum atomic E-state index is -0.238. The maximum Gasteiger partial charge on any atom is 0.246 e.